The van der Waals surface area contributed by atoms with Gasteiger partial charge in [-0.05, 0) is 24.1 Å². The zero-order valence-corrected chi connectivity index (χ0v) is 12.3. The van der Waals surface area contributed by atoms with Gasteiger partial charge in [0.1, 0.15) is 0 Å². The molecule has 1 heterocycles. The van der Waals surface area contributed by atoms with Gasteiger partial charge in [-0.3, -0.25) is 9.59 Å². The minimum Gasteiger partial charge on any atom is -0.454 e. The summed E-state index contributed by atoms with van der Waals surface area (Å²) in [6.45, 7) is 4.96. The first-order valence-electron chi connectivity index (χ1n) is 7.01. The molecule has 0 bridgehead atoms. The second kappa shape index (κ2) is 6.97. The van der Waals surface area contributed by atoms with E-state index < -0.39 is 0 Å². The third-order valence-electron chi connectivity index (χ3n) is 2.96. The number of carbonyl (C=O) groups is 2. The molecule has 1 aliphatic rings. The highest BCUT2D eigenvalue weighted by atomic mass is 16.7. The van der Waals surface area contributed by atoms with Crippen molar-refractivity contribution in [3.8, 4) is 11.5 Å². The van der Waals surface area contributed by atoms with Crippen molar-refractivity contribution in [2.75, 3.05) is 19.9 Å². The van der Waals surface area contributed by atoms with Crippen LogP contribution in [0.4, 0.5) is 0 Å². The molecular weight excluding hydrogens is 272 g/mol. The number of amides is 2. The summed E-state index contributed by atoms with van der Waals surface area (Å²) in [6.07, 6.45) is 0.496. The quantitative estimate of drug-likeness (QED) is 0.775. The van der Waals surface area contributed by atoms with E-state index in [0.29, 0.717) is 42.5 Å². The first kappa shape index (κ1) is 15.2. The Morgan fingerprint density at radius 3 is 2.62 bits per heavy atom. The van der Waals surface area contributed by atoms with Gasteiger partial charge in [0.15, 0.2) is 11.5 Å². The van der Waals surface area contributed by atoms with Gasteiger partial charge in [0.05, 0.1) is 0 Å². The zero-order chi connectivity index (χ0) is 15.2. The molecule has 2 N–H and O–H groups in total. The van der Waals surface area contributed by atoms with E-state index in [1.165, 1.54) is 0 Å². The van der Waals surface area contributed by atoms with Crippen LogP contribution in [0.3, 0.4) is 0 Å². The normalized spacial score (nSPS) is 12.3. The number of rotatable bonds is 6. The predicted molar refractivity (Wildman–Crippen MR) is 77.4 cm³/mol. The first-order valence-corrected chi connectivity index (χ1v) is 7.01. The van der Waals surface area contributed by atoms with Gasteiger partial charge >= 0.3 is 0 Å². The number of ether oxygens (including phenoxy) is 2. The van der Waals surface area contributed by atoms with Crippen LogP contribution in [0.1, 0.15) is 30.6 Å². The van der Waals surface area contributed by atoms with Crippen LogP contribution in [0.5, 0.6) is 11.5 Å². The fourth-order valence-corrected chi connectivity index (χ4v) is 1.96. The fraction of sp³-hybridized carbons (Fsp3) is 0.467. The van der Waals surface area contributed by atoms with Gasteiger partial charge < -0.3 is 20.1 Å². The third kappa shape index (κ3) is 4.37. The standard InChI is InChI=1S/C15H20N2O4/c1-10(2)7-14(18)16-5-6-17-15(19)11-3-4-12-13(8-11)21-9-20-12/h3-4,8,10H,5-7,9H2,1-2H3,(H,16,18)(H,17,19). The molecule has 114 valence electrons. The molecule has 1 aromatic carbocycles. The van der Waals surface area contributed by atoms with Gasteiger partial charge in [-0.25, -0.2) is 0 Å². The second-order valence-corrected chi connectivity index (χ2v) is 5.27. The summed E-state index contributed by atoms with van der Waals surface area (Å²) in [5.41, 5.74) is 0.507. The van der Waals surface area contributed by atoms with E-state index >= 15 is 0 Å². The summed E-state index contributed by atoms with van der Waals surface area (Å²) in [5, 5.41) is 5.51. The molecule has 1 aromatic rings. The van der Waals surface area contributed by atoms with E-state index in [0.717, 1.165) is 0 Å². The maximum atomic E-state index is 11.9. The lowest BCUT2D eigenvalue weighted by Crippen LogP contribution is -2.35. The Bertz CT molecular complexity index is 528. The van der Waals surface area contributed by atoms with Crippen LogP contribution in [-0.4, -0.2) is 31.7 Å². The van der Waals surface area contributed by atoms with Crippen molar-refractivity contribution in [3.63, 3.8) is 0 Å². The minimum atomic E-state index is -0.202. The lowest BCUT2D eigenvalue weighted by Gasteiger charge is -2.08. The maximum Gasteiger partial charge on any atom is 0.251 e. The highest BCUT2D eigenvalue weighted by Crippen LogP contribution is 2.32. The van der Waals surface area contributed by atoms with E-state index in [1.54, 1.807) is 18.2 Å². The van der Waals surface area contributed by atoms with Crippen LogP contribution < -0.4 is 20.1 Å². The smallest absolute Gasteiger partial charge is 0.251 e. The Morgan fingerprint density at radius 1 is 1.14 bits per heavy atom. The first-order chi connectivity index (χ1) is 10.1. The monoisotopic (exact) mass is 292 g/mol. The molecule has 0 atom stereocenters. The van der Waals surface area contributed by atoms with Crippen molar-refractivity contribution in [2.45, 2.75) is 20.3 Å². The molecule has 0 saturated carbocycles. The third-order valence-corrected chi connectivity index (χ3v) is 2.96. The number of nitrogens with one attached hydrogen (secondary N) is 2. The van der Waals surface area contributed by atoms with Crippen LogP contribution in [0.25, 0.3) is 0 Å². The van der Waals surface area contributed by atoms with Crippen LogP contribution >= 0.6 is 0 Å². The maximum absolute atomic E-state index is 11.9. The molecule has 1 aliphatic heterocycles. The van der Waals surface area contributed by atoms with Crippen molar-refractivity contribution in [2.24, 2.45) is 5.92 Å². The average molecular weight is 292 g/mol. The van der Waals surface area contributed by atoms with Crippen molar-refractivity contribution < 1.29 is 19.1 Å². The Morgan fingerprint density at radius 2 is 1.86 bits per heavy atom. The fourth-order valence-electron chi connectivity index (χ4n) is 1.96. The molecule has 2 rings (SSSR count). The number of carbonyl (C=O) groups excluding carboxylic acids is 2. The van der Waals surface area contributed by atoms with Crippen molar-refractivity contribution >= 4 is 11.8 Å². The van der Waals surface area contributed by atoms with E-state index in [1.807, 2.05) is 13.8 Å². The molecule has 0 radical (unpaired) electrons. The Hall–Kier alpha value is -2.24. The SMILES string of the molecule is CC(C)CC(=O)NCCNC(=O)c1ccc2c(c1)OCO2. The number of hydrogen-bond donors (Lipinski definition) is 2. The largest absolute Gasteiger partial charge is 0.454 e. The summed E-state index contributed by atoms with van der Waals surface area (Å²) in [4.78, 5) is 23.4. The lowest BCUT2D eigenvalue weighted by molar-refractivity contribution is -0.121. The van der Waals surface area contributed by atoms with Crippen molar-refractivity contribution in [1.82, 2.24) is 10.6 Å². The Labute approximate surface area is 123 Å². The summed E-state index contributed by atoms with van der Waals surface area (Å²) in [5.74, 6) is 1.35. The van der Waals surface area contributed by atoms with Crippen LogP contribution in [0.2, 0.25) is 0 Å². The van der Waals surface area contributed by atoms with Gasteiger partial charge in [0, 0.05) is 25.1 Å². The zero-order valence-electron chi connectivity index (χ0n) is 12.3. The summed E-state index contributed by atoms with van der Waals surface area (Å²) >= 11 is 0. The van der Waals surface area contributed by atoms with Gasteiger partial charge in [-0.1, -0.05) is 13.8 Å². The summed E-state index contributed by atoms with van der Waals surface area (Å²) < 4.78 is 10.4. The summed E-state index contributed by atoms with van der Waals surface area (Å²) in [6, 6.07) is 5.04. The number of fused-ring (bicyclic) bond motifs is 1. The molecule has 6 nitrogen and oxygen atoms in total. The van der Waals surface area contributed by atoms with Gasteiger partial charge in [-0.2, -0.15) is 0 Å². The van der Waals surface area contributed by atoms with Crippen molar-refractivity contribution in [1.29, 1.82) is 0 Å². The van der Waals surface area contributed by atoms with Gasteiger partial charge in [0.2, 0.25) is 12.7 Å². The molecule has 6 heteroatoms. The molecule has 0 unspecified atom stereocenters. The van der Waals surface area contributed by atoms with Gasteiger partial charge in [0.25, 0.3) is 5.91 Å². The highest BCUT2D eigenvalue weighted by Gasteiger charge is 2.15. The van der Waals surface area contributed by atoms with Crippen LogP contribution in [-0.2, 0) is 4.79 Å². The highest BCUT2D eigenvalue weighted by molar-refractivity contribution is 5.94. The second-order valence-electron chi connectivity index (χ2n) is 5.27. The van der Waals surface area contributed by atoms with E-state index in [2.05, 4.69) is 10.6 Å². The summed E-state index contributed by atoms with van der Waals surface area (Å²) in [7, 11) is 0. The van der Waals surface area contributed by atoms with E-state index in [4.69, 9.17) is 9.47 Å². The Kier molecular flexibility index (Phi) is 5.03. The topological polar surface area (TPSA) is 76.7 Å². The molecule has 0 spiro atoms. The minimum absolute atomic E-state index is 0.00216. The van der Waals surface area contributed by atoms with E-state index in [9.17, 15) is 9.59 Å². The molecule has 21 heavy (non-hydrogen) atoms. The predicted octanol–water partition coefficient (Wildman–Crippen LogP) is 1.31. The molecule has 0 saturated heterocycles. The molecule has 0 fully saturated rings. The lowest BCUT2D eigenvalue weighted by atomic mass is 10.1. The van der Waals surface area contributed by atoms with Crippen molar-refractivity contribution in [3.05, 3.63) is 23.8 Å². The Balaban J connectivity index is 1.74. The average Bonchev–Trinajstić information content (AvgIpc) is 2.89. The number of hydrogen-bond acceptors (Lipinski definition) is 4. The molecule has 0 aliphatic carbocycles. The van der Waals surface area contributed by atoms with Gasteiger partial charge in [-0.15, -0.1) is 0 Å². The number of benzene rings is 1. The van der Waals surface area contributed by atoms with E-state index in [-0.39, 0.29) is 18.6 Å². The molecular formula is C15H20N2O4. The molecule has 2 amide bonds. The van der Waals surface area contributed by atoms with Crippen LogP contribution in [0.15, 0.2) is 18.2 Å². The van der Waals surface area contributed by atoms with Crippen LogP contribution in [0, 0.1) is 5.92 Å². The molecule has 0 aromatic heterocycles.